The Bertz CT molecular complexity index is 608. The van der Waals surface area contributed by atoms with Gasteiger partial charge in [0.15, 0.2) is 0 Å². The maximum absolute atomic E-state index is 3.31. The standard InChI is InChI=1S/C26H36/c1-3-21-9-11-23(12-10-21)7-5-6-8-24-15-19-26(20-16-24)25-17-13-22(4-2)14-18-25/h5,7,15-16,19-23,25H,3-4,9-14,17-18H2,1-2H3/b7-5+. The van der Waals surface area contributed by atoms with Crippen molar-refractivity contribution in [3.63, 3.8) is 0 Å². The smallest absolute Gasteiger partial charge is 0.0249 e. The second-order valence-corrected chi connectivity index (χ2v) is 8.57. The highest BCUT2D eigenvalue weighted by atomic mass is 14.3. The molecule has 0 spiro atoms. The van der Waals surface area contributed by atoms with Crippen molar-refractivity contribution in [2.45, 2.75) is 84.0 Å². The highest BCUT2D eigenvalue weighted by Crippen LogP contribution is 2.36. The van der Waals surface area contributed by atoms with Crippen molar-refractivity contribution in [3.8, 4) is 11.8 Å². The molecule has 0 aromatic heterocycles. The fraction of sp³-hybridized carbons (Fsp3) is 0.615. The predicted molar refractivity (Wildman–Crippen MR) is 113 cm³/mol. The Morgan fingerprint density at radius 2 is 1.38 bits per heavy atom. The van der Waals surface area contributed by atoms with Crippen molar-refractivity contribution >= 4 is 0 Å². The summed E-state index contributed by atoms with van der Waals surface area (Å²) in [5.74, 6) is 10.0. The van der Waals surface area contributed by atoms with Crippen molar-refractivity contribution in [2.24, 2.45) is 17.8 Å². The van der Waals surface area contributed by atoms with Crippen LogP contribution in [0.5, 0.6) is 0 Å². The van der Waals surface area contributed by atoms with Gasteiger partial charge in [0, 0.05) is 5.56 Å². The molecule has 0 bridgehead atoms. The van der Waals surface area contributed by atoms with Crippen LogP contribution in [0.2, 0.25) is 0 Å². The van der Waals surface area contributed by atoms with E-state index in [1.54, 1.807) is 0 Å². The second-order valence-electron chi connectivity index (χ2n) is 8.57. The third-order valence-corrected chi connectivity index (χ3v) is 6.94. The van der Waals surface area contributed by atoms with Gasteiger partial charge in [0.25, 0.3) is 0 Å². The van der Waals surface area contributed by atoms with Crippen LogP contribution < -0.4 is 0 Å². The fourth-order valence-electron chi connectivity index (χ4n) is 4.84. The zero-order valence-electron chi connectivity index (χ0n) is 16.8. The molecule has 2 aliphatic rings. The quantitative estimate of drug-likeness (QED) is 0.494. The maximum Gasteiger partial charge on any atom is 0.0249 e. The zero-order chi connectivity index (χ0) is 18.2. The van der Waals surface area contributed by atoms with Crippen molar-refractivity contribution in [1.29, 1.82) is 0 Å². The van der Waals surface area contributed by atoms with Gasteiger partial charge in [0.2, 0.25) is 0 Å². The second kappa shape index (κ2) is 10.0. The van der Waals surface area contributed by atoms with Gasteiger partial charge in [-0.2, -0.15) is 0 Å². The minimum atomic E-state index is 0.757. The number of allylic oxidation sites excluding steroid dienone is 2. The van der Waals surface area contributed by atoms with E-state index in [-0.39, 0.29) is 0 Å². The van der Waals surface area contributed by atoms with E-state index < -0.39 is 0 Å². The molecular formula is C26H36. The first-order valence-corrected chi connectivity index (χ1v) is 11.1. The average molecular weight is 349 g/mol. The van der Waals surface area contributed by atoms with Crippen LogP contribution in [0.4, 0.5) is 0 Å². The summed E-state index contributed by atoms with van der Waals surface area (Å²) in [5, 5.41) is 0. The fourth-order valence-corrected chi connectivity index (χ4v) is 4.84. The van der Waals surface area contributed by atoms with E-state index in [9.17, 15) is 0 Å². The van der Waals surface area contributed by atoms with Crippen LogP contribution >= 0.6 is 0 Å². The molecule has 0 N–H and O–H groups in total. The van der Waals surface area contributed by atoms with E-state index >= 15 is 0 Å². The molecule has 2 aliphatic carbocycles. The third-order valence-electron chi connectivity index (χ3n) is 6.94. The van der Waals surface area contributed by atoms with Crippen LogP contribution in [0.15, 0.2) is 36.4 Å². The van der Waals surface area contributed by atoms with Crippen molar-refractivity contribution < 1.29 is 0 Å². The van der Waals surface area contributed by atoms with Crippen LogP contribution in [0, 0.1) is 29.6 Å². The lowest BCUT2D eigenvalue weighted by Gasteiger charge is -2.28. The average Bonchev–Trinajstić information content (AvgIpc) is 2.72. The lowest BCUT2D eigenvalue weighted by atomic mass is 9.78. The predicted octanol–water partition coefficient (Wildman–Crippen LogP) is 7.49. The van der Waals surface area contributed by atoms with Gasteiger partial charge in [0.05, 0.1) is 0 Å². The summed E-state index contributed by atoms with van der Waals surface area (Å²) in [5.41, 5.74) is 2.67. The molecule has 0 nitrogen and oxygen atoms in total. The van der Waals surface area contributed by atoms with E-state index in [0.717, 1.165) is 29.2 Å². The van der Waals surface area contributed by atoms with E-state index in [1.807, 2.05) is 0 Å². The summed E-state index contributed by atoms with van der Waals surface area (Å²) in [4.78, 5) is 0. The highest BCUT2D eigenvalue weighted by Gasteiger charge is 2.21. The Morgan fingerprint density at radius 3 is 1.96 bits per heavy atom. The molecule has 0 saturated heterocycles. The summed E-state index contributed by atoms with van der Waals surface area (Å²) in [6.07, 6.45) is 18.2. The van der Waals surface area contributed by atoms with Gasteiger partial charge in [-0.3, -0.25) is 0 Å². The molecule has 0 aliphatic heterocycles. The molecule has 0 amide bonds. The Kier molecular flexibility index (Phi) is 7.43. The normalized spacial score (nSPS) is 29.3. The van der Waals surface area contributed by atoms with Crippen molar-refractivity contribution in [2.75, 3.05) is 0 Å². The van der Waals surface area contributed by atoms with Gasteiger partial charge >= 0.3 is 0 Å². The Hall–Kier alpha value is -1.48. The lowest BCUT2D eigenvalue weighted by molar-refractivity contribution is 0.304. The first-order valence-electron chi connectivity index (χ1n) is 11.1. The molecule has 3 rings (SSSR count). The van der Waals surface area contributed by atoms with E-state index in [1.165, 1.54) is 69.8 Å². The van der Waals surface area contributed by atoms with E-state index in [4.69, 9.17) is 0 Å². The number of hydrogen-bond donors (Lipinski definition) is 0. The first kappa shape index (κ1) is 19.3. The van der Waals surface area contributed by atoms with Gasteiger partial charge in [-0.15, -0.1) is 0 Å². The molecule has 0 unspecified atom stereocenters. The molecule has 2 fully saturated rings. The summed E-state index contributed by atoms with van der Waals surface area (Å²) >= 11 is 0. The van der Waals surface area contributed by atoms with Gasteiger partial charge in [-0.1, -0.05) is 56.7 Å². The summed E-state index contributed by atoms with van der Waals surface area (Å²) in [6.45, 7) is 4.66. The summed E-state index contributed by atoms with van der Waals surface area (Å²) < 4.78 is 0. The van der Waals surface area contributed by atoms with Gasteiger partial charge < -0.3 is 0 Å². The SMILES string of the molecule is CCC1CCC(/C=C/C#Cc2ccc(C3CCC(CC)CC3)cc2)CC1. The molecule has 26 heavy (non-hydrogen) atoms. The molecule has 1 aromatic carbocycles. The maximum atomic E-state index is 3.31. The van der Waals surface area contributed by atoms with Crippen LogP contribution in [0.25, 0.3) is 0 Å². The molecular weight excluding hydrogens is 312 g/mol. The van der Waals surface area contributed by atoms with Gasteiger partial charge in [0.1, 0.15) is 0 Å². The molecule has 2 saturated carbocycles. The summed E-state index contributed by atoms with van der Waals surface area (Å²) in [7, 11) is 0. The number of hydrogen-bond acceptors (Lipinski definition) is 0. The largest absolute Gasteiger partial charge is 0.0730 e. The van der Waals surface area contributed by atoms with E-state index in [0.29, 0.717) is 0 Å². The van der Waals surface area contributed by atoms with Crippen LogP contribution in [-0.4, -0.2) is 0 Å². The minimum Gasteiger partial charge on any atom is -0.0730 e. The Balaban J connectivity index is 1.48. The van der Waals surface area contributed by atoms with Crippen LogP contribution in [-0.2, 0) is 0 Å². The van der Waals surface area contributed by atoms with Crippen molar-refractivity contribution in [3.05, 3.63) is 47.5 Å². The first-order chi connectivity index (χ1) is 12.8. The topological polar surface area (TPSA) is 0 Å². The van der Waals surface area contributed by atoms with Crippen LogP contribution in [0.1, 0.15) is 95.1 Å². The summed E-state index contributed by atoms with van der Waals surface area (Å²) in [6, 6.07) is 9.07. The molecule has 0 heteroatoms. The Labute approximate surface area is 161 Å². The lowest BCUT2D eigenvalue weighted by Crippen LogP contribution is -2.12. The Morgan fingerprint density at radius 1 is 0.808 bits per heavy atom. The monoisotopic (exact) mass is 348 g/mol. The molecule has 0 heterocycles. The number of benzene rings is 1. The van der Waals surface area contributed by atoms with E-state index in [2.05, 4.69) is 62.1 Å². The molecule has 0 atom stereocenters. The third kappa shape index (κ3) is 5.51. The minimum absolute atomic E-state index is 0.757. The number of rotatable bonds is 4. The molecule has 1 aromatic rings. The zero-order valence-corrected chi connectivity index (χ0v) is 16.8. The molecule has 140 valence electrons. The van der Waals surface area contributed by atoms with Crippen molar-refractivity contribution in [1.82, 2.24) is 0 Å². The van der Waals surface area contributed by atoms with Gasteiger partial charge in [-0.25, -0.2) is 0 Å². The van der Waals surface area contributed by atoms with Gasteiger partial charge in [-0.05, 0) is 98.8 Å². The highest BCUT2D eigenvalue weighted by molar-refractivity contribution is 5.39. The van der Waals surface area contributed by atoms with Crippen LogP contribution in [0.3, 0.4) is 0 Å². The molecule has 0 radical (unpaired) electrons.